The number of methoxy groups -OCH3 is 1. The second-order valence-electron chi connectivity index (χ2n) is 7.12. The van der Waals surface area contributed by atoms with Crippen molar-refractivity contribution in [3.8, 4) is 16.9 Å². The van der Waals surface area contributed by atoms with E-state index in [1.54, 1.807) is 7.11 Å². The fourth-order valence-electron chi connectivity index (χ4n) is 3.77. The second kappa shape index (κ2) is 7.45. The van der Waals surface area contributed by atoms with Crippen LogP contribution in [0.1, 0.15) is 36.2 Å². The van der Waals surface area contributed by atoms with E-state index in [2.05, 4.69) is 5.32 Å². The molecule has 0 atom stereocenters. The van der Waals surface area contributed by atoms with Crippen LogP contribution in [0.5, 0.6) is 5.75 Å². The fraction of sp³-hybridized carbons (Fsp3) is 0.318. The van der Waals surface area contributed by atoms with Crippen LogP contribution in [0.15, 0.2) is 52.9 Å². The Labute approximate surface area is 158 Å². The van der Waals surface area contributed by atoms with Gasteiger partial charge in [-0.15, -0.1) is 0 Å². The normalized spacial score (nSPS) is 19.8. The SMILES string of the molecule is COc1ccc2c(-c3ccccc3)c(C(=O)NC3CCC(N)CC3)oc2c1. The monoisotopic (exact) mass is 364 g/mol. The van der Waals surface area contributed by atoms with Crippen molar-refractivity contribution >= 4 is 16.9 Å². The highest BCUT2D eigenvalue weighted by atomic mass is 16.5. The molecule has 1 fully saturated rings. The maximum Gasteiger partial charge on any atom is 0.287 e. The number of hydrogen-bond donors (Lipinski definition) is 2. The minimum Gasteiger partial charge on any atom is -0.497 e. The van der Waals surface area contributed by atoms with Gasteiger partial charge in [0.15, 0.2) is 0 Å². The van der Waals surface area contributed by atoms with Gasteiger partial charge >= 0.3 is 0 Å². The van der Waals surface area contributed by atoms with Gasteiger partial charge in [-0.05, 0) is 43.4 Å². The molecule has 140 valence electrons. The first-order valence-electron chi connectivity index (χ1n) is 9.38. The molecule has 1 heterocycles. The van der Waals surface area contributed by atoms with Gasteiger partial charge in [0.05, 0.1) is 7.11 Å². The molecule has 1 saturated carbocycles. The van der Waals surface area contributed by atoms with Crippen molar-refractivity contribution in [2.75, 3.05) is 7.11 Å². The van der Waals surface area contributed by atoms with E-state index in [9.17, 15) is 4.79 Å². The van der Waals surface area contributed by atoms with Crippen molar-refractivity contribution in [3.63, 3.8) is 0 Å². The topological polar surface area (TPSA) is 77.5 Å². The minimum absolute atomic E-state index is 0.142. The Hall–Kier alpha value is -2.79. The molecule has 5 heteroatoms. The lowest BCUT2D eigenvalue weighted by molar-refractivity contribution is 0.0901. The van der Waals surface area contributed by atoms with Crippen LogP contribution in [-0.4, -0.2) is 25.1 Å². The highest BCUT2D eigenvalue weighted by molar-refractivity contribution is 6.08. The van der Waals surface area contributed by atoms with Crippen molar-refractivity contribution < 1.29 is 13.9 Å². The Bertz CT molecular complexity index is 941. The van der Waals surface area contributed by atoms with Crippen molar-refractivity contribution in [3.05, 3.63) is 54.3 Å². The molecule has 0 saturated heterocycles. The van der Waals surface area contributed by atoms with Gasteiger partial charge in [0, 0.05) is 29.1 Å². The largest absolute Gasteiger partial charge is 0.497 e. The molecule has 3 aromatic rings. The molecule has 5 nitrogen and oxygen atoms in total. The van der Waals surface area contributed by atoms with Crippen LogP contribution < -0.4 is 15.8 Å². The summed E-state index contributed by atoms with van der Waals surface area (Å²) in [6, 6.07) is 15.9. The summed E-state index contributed by atoms with van der Waals surface area (Å²) in [4.78, 5) is 13.0. The number of benzene rings is 2. The molecule has 2 aromatic carbocycles. The van der Waals surface area contributed by atoms with Crippen molar-refractivity contribution in [1.82, 2.24) is 5.32 Å². The molecule has 0 bridgehead atoms. The molecule has 0 spiro atoms. The Morgan fingerprint density at radius 3 is 2.56 bits per heavy atom. The maximum absolute atomic E-state index is 13.0. The van der Waals surface area contributed by atoms with E-state index in [1.165, 1.54) is 0 Å². The number of amides is 1. The molecular formula is C22H24N2O3. The number of rotatable bonds is 4. The van der Waals surface area contributed by atoms with Gasteiger partial charge in [0.2, 0.25) is 5.76 Å². The van der Waals surface area contributed by atoms with Crippen LogP contribution in [0.3, 0.4) is 0 Å². The van der Waals surface area contributed by atoms with Gasteiger partial charge in [-0.3, -0.25) is 4.79 Å². The third-order valence-electron chi connectivity index (χ3n) is 5.27. The fourth-order valence-corrected chi connectivity index (χ4v) is 3.77. The molecular weight excluding hydrogens is 340 g/mol. The Kier molecular flexibility index (Phi) is 4.86. The first-order valence-corrected chi connectivity index (χ1v) is 9.38. The Balaban J connectivity index is 1.73. The predicted molar refractivity (Wildman–Crippen MR) is 106 cm³/mol. The van der Waals surface area contributed by atoms with Gasteiger partial charge in [0.25, 0.3) is 5.91 Å². The average molecular weight is 364 g/mol. The van der Waals surface area contributed by atoms with Gasteiger partial charge in [-0.25, -0.2) is 0 Å². The third-order valence-corrected chi connectivity index (χ3v) is 5.27. The van der Waals surface area contributed by atoms with Gasteiger partial charge in [-0.2, -0.15) is 0 Å². The summed E-state index contributed by atoms with van der Waals surface area (Å²) in [5.41, 5.74) is 8.39. The first kappa shape index (κ1) is 17.6. The van der Waals surface area contributed by atoms with E-state index in [0.29, 0.717) is 17.1 Å². The smallest absolute Gasteiger partial charge is 0.287 e. The first-order chi connectivity index (χ1) is 13.2. The standard InChI is InChI=1S/C22H24N2O3/c1-26-17-11-12-18-19(13-17)27-21(20(18)14-5-3-2-4-6-14)22(25)24-16-9-7-15(23)8-10-16/h2-6,11-13,15-16H,7-10,23H2,1H3,(H,24,25). The van der Waals surface area contributed by atoms with E-state index in [0.717, 1.165) is 42.2 Å². The number of carbonyl (C=O) groups excluding carboxylic acids is 1. The number of fused-ring (bicyclic) bond motifs is 1. The van der Waals surface area contributed by atoms with Gasteiger partial charge < -0.3 is 20.2 Å². The summed E-state index contributed by atoms with van der Waals surface area (Å²) in [6.45, 7) is 0. The zero-order valence-electron chi connectivity index (χ0n) is 15.4. The van der Waals surface area contributed by atoms with E-state index >= 15 is 0 Å². The summed E-state index contributed by atoms with van der Waals surface area (Å²) in [6.07, 6.45) is 3.69. The summed E-state index contributed by atoms with van der Waals surface area (Å²) < 4.78 is 11.3. The zero-order valence-corrected chi connectivity index (χ0v) is 15.4. The quantitative estimate of drug-likeness (QED) is 0.730. The predicted octanol–water partition coefficient (Wildman–Crippen LogP) is 4.11. The Morgan fingerprint density at radius 2 is 1.85 bits per heavy atom. The van der Waals surface area contributed by atoms with Crippen molar-refractivity contribution in [2.24, 2.45) is 5.73 Å². The summed E-state index contributed by atoms with van der Waals surface area (Å²) in [7, 11) is 1.61. The van der Waals surface area contributed by atoms with Gasteiger partial charge in [0.1, 0.15) is 11.3 Å². The Morgan fingerprint density at radius 1 is 1.11 bits per heavy atom. The van der Waals surface area contributed by atoms with Crippen LogP contribution >= 0.6 is 0 Å². The lowest BCUT2D eigenvalue weighted by Gasteiger charge is -2.26. The molecule has 0 aliphatic heterocycles. The average Bonchev–Trinajstić information content (AvgIpc) is 3.09. The van der Waals surface area contributed by atoms with E-state index < -0.39 is 0 Å². The molecule has 1 aliphatic carbocycles. The lowest BCUT2D eigenvalue weighted by atomic mass is 9.91. The molecule has 4 rings (SSSR count). The second-order valence-corrected chi connectivity index (χ2v) is 7.12. The summed E-state index contributed by atoms with van der Waals surface area (Å²) in [5.74, 6) is 0.868. The third kappa shape index (κ3) is 3.55. The van der Waals surface area contributed by atoms with Crippen LogP contribution in [0.25, 0.3) is 22.1 Å². The molecule has 0 radical (unpaired) electrons. The van der Waals surface area contributed by atoms with E-state index in [-0.39, 0.29) is 18.0 Å². The molecule has 3 N–H and O–H groups in total. The number of carbonyl (C=O) groups is 1. The summed E-state index contributed by atoms with van der Waals surface area (Å²) in [5, 5.41) is 4.04. The van der Waals surface area contributed by atoms with Crippen LogP contribution in [-0.2, 0) is 0 Å². The molecule has 1 aliphatic rings. The molecule has 1 aromatic heterocycles. The molecule has 27 heavy (non-hydrogen) atoms. The number of furan rings is 1. The number of hydrogen-bond acceptors (Lipinski definition) is 4. The maximum atomic E-state index is 13.0. The molecule has 1 amide bonds. The van der Waals surface area contributed by atoms with Crippen LogP contribution in [0, 0.1) is 0 Å². The molecule has 0 unspecified atom stereocenters. The van der Waals surface area contributed by atoms with Gasteiger partial charge in [-0.1, -0.05) is 30.3 Å². The summed E-state index contributed by atoms with van der Waals surface area (Å²) >= 11 is 0. The minimum atomic E-state index is -0.176. The number of nitrogens with two attached hydrogens (primary N) is 1. The van der Waals surface area contributed by atoms with E-state index in [1.807, 2.05) is 48.5 Å². The van der Waals surface area contributed by atoms with Crippen molar-refractivity contribution in [1.29, 1.82) is 0 Å². The highest BCUT2D eigenvalue weighted by Crippen LogP contribution is 2.36. The van der Waals surface area contributed by atoms with Crippen LogP contribution in [0.4, 0.5) is 0 Å². The van der Waals surface area contributed by atoms with Crippen LogP contribution in [0.2, 0.25) is 0 Å². The lowest BCUT2D eigenvalue weighted by Crippen LogP contribution is -2.40. The number of ether oxygens (including phenoxy) is 1. The van der Waals surface area contributed by atoms with Crippen molar-refractivity contribution in [2.45, 2.75) is 37.8 Å². The number of nitrogens with one attached hydrogen (secondary N) is 1. The van der Waals surface area contributed by atoms with E-state index in [4.69, 9.17) is 14.9 Å². The highest BCUT2D eigenvalue weighted by Gasteiger charge is 2.26. The zero-order chi connectivity index (χ0) is 18.8.